The Hall–Kier alpha value is -1.56. The predicted octanol–water partition coefficient (Wildman–Crippen LogP) is 4.98. The molecule has 130 valence electrons. The first-order valence-electron chi connectivity index (χ1n) is 7.76. The van der Waals surface area contributed by atoms with Crippen LogP contribution in [-0.4, -0.2) is 29.9 Å². The Morgan fingerprint density at radius 2 is 2.00 bits per heavy atom. The molecular formula is C18H15BrCl2N2O2. The van der Waals surface area contributed by atoms with Crippen molar-refractivity contribution in [2.75, 3.05) is 18.1 Å². The summed E-state index contributed by atoms with van der Waals surface area (Å²) < 4.78 is 0.753. The highest BCUT2D eigenvalue weighted by Crippen LogP contribution is 2.27. The molecular weight excluding hydrogens is 427 g/mol. The fourth-order valence-corrected chi connectivity index (χ4v) is 3.48. The van der Waals surface area contributed by atoms with Gasteiger partial charge in [-0.05, 0) is 42.8 Å². The van der Waals surface area contributed by atoms with Gasteiger partial charge < -0.3 is 4.90 Å². The topological polar surface area (TPSA) is 40.6 Å². The molecule has 0 radical (unpaired) electrons. The van der Waals surface area contributed by atoms with E-state index in [1.54, 1.807) is 47.4 Å². The van der Waals surface area contributed by atoms with E-state index >= 15 is 0 Å². The zero-order chi connectivity index (χ0) is 18.0. The van der Waals surface area contributed by atoms with Crippen LogP contribution in [-0.2, 0) is 4.79 Å². The van der Waals surface area contributed by atoms with E-state index in [0.717, 1.165) is 10.9 Å². The summed E-state index contributed by atoms with van der Waals surface area (Å²) in [5.74, 6) is -0.242. The van der Waals surface area contributed by atoms with Crippen molar-refractivity contribution in [1.29, 1.82) is 0 Å². The maximum atomic E-state index is 13.2. The second-order valence-corrected chi connectivity index (χ2v) is 7.50. The summed E-state index contributed by atoms with van der Waals surface area (Å²) >= 11 is 15.7. The minimum atomic E-state index is -0.284. The van der Waals surface area contributed by atoms with Crippen LogP contribution >= 0.6 is 39.1 Å². The van der Waals surface area contributed by atoms with Crippen LogP contribution in [0.15, 0.2) is 46.9 Å². The average molecular weight is 442 g/mol. The van der Waals surface area contributed by atoms with E-state index in [1.807, 2.05) is 0 Å². The first-order chi connectivity index (χ1) is 12.0. The van der Waals surface area contributed by atoms with Crippen LogP contribution < -0.4 is 4.90 Å². The normalized spacial score (nSPS) is 14.0. The molecule has 1 aliphatic rings. The molecule has 25 heavy (non-hydrogen) atoms. The summed E-state index contributed by atoms with van der Waals surface area (Å²) in [5, 5.41) is 0.872. The third-order valence-corrected chi connectivity index (χ3v) is 5.07. The monoisotopic (exact) mass is 440 g/mol. The minimum Gasteiger partial charge on any atom is -0.324 e. The van der Waals surface area contributed by atoms with Gasteiger partial charge in [-0.3, -0.25) is 14.5 Å². The molecule has 7 heteroatoms. The Bertz CT molecular complexity index is 828. The Balaban J connectivity index is 1.99. The number of nitrogens with zero attached hydrogens (tertiary/aromatic N) is 2. The number of halogens is 3. The number of likely N-dealkylation sites (tertiary alicyclic amines) is 1. The lowest BCUT2D eigenvalue weighted by Crippen LogP contribution is -2.42. The molecule has 1 saturated heterocycles. The van der Waals surface area contributed by atoms with Crippen LogP contribution in [0.3, 0.4) is 0 Å². The van der Waals surface area contributed by atoms with Gasteiger partial charge in [0, 0.05) is 28.1 Å². The molecule has 0 saturated carbocycles. The summed E-state index contributed by atoms with van der Waals surface area (Å²) in [6.07, 6.45) is 1.31. The quantitative estimate of drug-likeness (QED) is 0.670. The van der Waals surface area contributed by atoms with Gasteiger partial charge in [0.1, 0.15) is 6.67 Å². The molecule has 2 aromatic carbocycles. The van der Waals surface area contributed by atoms with Crippen LogP contribution in [0.5, 0.6) is 0 Å². The summed E-state index contributed by atoms with van der Waals surface area (Å²) in [4.78, 5) is 28.4. The molecule has 1 fully saturated rings. The lowest BCUT2D eigenvalue weighted by molar-refractivity contribution is -0.127. The van der Waals surface area contributed by atoms with Crippen molar-refractivity contribution in [3.8, 4) is 0 Å². The molecule has 1 heterocycles. The van der Waals surface area contributed by atoms with E-state index in [-0.39, 0.29) is 18.5 Å². The third kappa shape index (κ3) is 4.17. The van der Waals surface area contributed by atoms with Gasteiger partial charge in [0.2, 0.25) is 5.91 Å². The Morgan fingerprint density at radius 1 is 1.20 bits per heavy atom. The molecule has 0 aromatic heterocycles. The first-order valence-corrected chi connectivity index (χ1v) is 9.31. The summed E-state index contributed by atoms with van der Waals surface area (Å²) in [6.45, 7) is 0.802. The summed E-state index contributed by atoms with van der Waals surface area (Å²) in [6, 6.07) is 12.1. The van der Waals surface area contributed by atoms with Crippen molar-refractivity contribution in [1.82, 2.24) is 4.90 Å². The first kappa shape index (κ1) is 18.2. The van der Waals surface area contributed by atoms with Crippen LogP contribution in [0.4, 0.5) is 5.69 Å². The van der Waals surface area contributed by atoms with Gasteiger partial charge >= 0.3 is 0 Å². The highest BCUT2D eigenvalue weighted by Gasteiger charge is 2.27. The van der Waals surface area contributed by atoms with Crippen LogP contribution in [0, 0.1) is 0 Å². The number of amides is 2. The molecule has 2 aromatic rings. The second kappa shape index (κ2) is 7.77. The van der Waals surface area contributed by atoms with Gasteiger partial charge in [-0.25, -0.2) is 0 Å². The maximum absolute atomic E-state index is 13.2. The minimum absolute atomic E-state index is 0.0418. The lowest BCUT2D eigenvalue weighted by atomic mass is 10.2. The molecule has 0 unspecified atom stereocenters. The zero-order valence-electron chi connectivity index (χ0n) is 13.2. The van der Waals surface area contributed by atoms with Crippen molar-refractivity contribution in [2.24, 2.45) is 0 Å². The van der Waals surface area contributed by atoms with Gasteiger partial charge in [0.15, 0.2) is 0 Å². The van der Waals surface area contributed by atoms with Crippen molar-refractivity contribution >= 4 is 56.6 Å². The second-order valence-electron chi connectivity index (χ2n) is 5.74. The Labute approximate surface area is 164 Å². The fourth-order valence-electron chi connectivity index (χ4n) is 2.74. The van der Waals surface area contributed by atoms with Crippen molar-refractivity contribution in [3.05, 3.63) is 62.5 Å². The Morgan fingerprint density at radius 3 is 2.68 bits per heavy atom. The van der Waals surface area contributed by atoms with Gasteiger partial charge in [0.25, 0.3) is 5.91 Å². The number of benzene rings is 2. The molecule has 1 aliphatic heterocycles. The van der Waals surface area contributed by atoms with E-state index in [1.165, 1.54) is 4.90 Å². The number of carbonyl (C=O) groups excluding carboxylic acids is 2. The average Bonchev–Trinajstić information content (AvgIpc) is 2.99. The highest BCUT2D eigenvalue weighted by atomic mass is 79.9. The smallest absolute Gasteiger partial charge is 0.261 e. The van der Waals surface area contributed by atoms with E-state index in [2.05, 4.69) is 15.9 Å². The molecule has 0 aliphatic carbocycles. The maximum Gasteiger partial charge on any atom is 0.261 e. The van der Waals surface area contributed by atoms with Crippen LogP contribution in [0.2, 0.25) is 10.0 Å². The highest BCUT2D eigenvalue weighted by molar-refractivity contribution is 9.10. The van der Waals surface area contributed by atoms with E-state index in [9.17, 15) is 9.59 Å². The number of hydrogen-bond acceptors (Lipinski definition) is 2. The summed E-state index contributed by atoms with van der Waals surface area (Å²) in [7, 11) is 0. The van der Waals surface area contributed by atoms with Crippen LogP contribution in [0.25, 0.3) is 0 Å². The van der Waals surface area contributed by atoms with Gasteiger partial charge in [-0.2, -0.15) is 0 Å². The van der Waals surface area contributed by atoms with Crippen molar-refractivity contribution in [2.45, 2.75) is 12.8 Å². The largest absolute Gasteiger partial charge is 0.324 e. The van der Waals surface area contributed by atoms with E-state index < -0.39 is 0 Å². The molecule has 4 nitrogen and oxygen atoms in total. The predicted molar refractivity (Wildman–Crippen MR) is 103 cm³/mol. The SMILES string of the molecule is O=C1CCCN1CN(C(=O)c1cc(Br)ccc1Cl)c1cccc(Cl)c1. The lowest BCUT2D eigenvalue weighted by Gasteiger charge is -2.28. The number of hydrogen-bond donors (Lipinski definition) is 0. The molecule has 0 bridgehead atoms. The molecule has 0 atom stereocenters. The van der Waals surface area contributed by atoms with E-state index in [0.29, 0.717) is 34.3 Å². The third-order valence-electron chi connectivity index (χ3n) is 4.01. The standard InChI is InChI=1S/C18H15BrCl2N2O2/c19-12-6-7-16(21)15(9-12)18(25)23(11-22-8-2-5-17(22)24)14-4-1-3-13(20)10-14/h1,3-4,6-7,9-10H,2,5,8,11H2. The summed E-state index contributed by atoms with van der Waals surface area (Å²) in [5.41, 5.74) is 0.982. The van der Waals surface area contributed by atoms with Gasteiger partial charge in [-0.1, -0.05) is 45.2 Å². The molecule has 0 spiro atoms. The van der Waals surface area contributed by atoms with Gasteiger partial charge in [-0.15, -0.1) is 0 Å². The zero-order valence-corrected chi connectivity index (χ0v) is 16.3. The number of anilines is 1. The molecule has 3 rings (SSSR count). The van der Waals surface area contributed by atoms with Gasteiger partial charge in [0.05, 0.1) is 10.6 Å². The fraction of sp³-hybridized carbons (Fsp3) is 0.222. The number of rotatable bonds is 4. The molecule has 2 amide bonds. The molecule has 0 N–H and O–H groups in total. The Kier molecular flexibility index (Phi) is 5.67. The van der Waals surface area contributed by atoms with Crippen molar-refractivity contribution < 1.29 is 9.59 Å². The van der Waals surface area contributed by atoms with E-state index in [4.69, 9.17) is 23.2 Å². The number of carbonyl (C=O) groups is 2. The van der Waals surface area contributed by atoms with Crippen LogP contribution in [0.1, 0.15) is 23.2 Å². The van der Waals surface area contributed by atoms with Crippen molar-refractivity contribution in [3.63, 3.8) is 0 Å².